The average Bonchev–Trinajstić information content (AvgIpc) is 2.97. The maximum absolute atomic E-state index is 11.7. The number of aryl methyl sites for hydroxylation is 1. The molecule has 0 spiro atoms. The van der Waals surface area contributed by atoms with E-state index in [2.05, 4.69) is 27.4 Å². The van der Waals surface area contributed by atoms with E-state index in [1.165, 1.54) is 34.4 Å². The summed E-state index contributed by atoms with van der Waals surface area (Å²) in [6.45, 7) is 3.97. The van der Waals surface area contributed by atoms with Gasteiger partial charge in [-0.3, -0.25) is 4.79 Å². The Morgan fingerprint density at radius 1 is 1.37 bits per heavy atom. The Morgan fingerprint density at radius 2 is 2.11 bits per heavy atom. The van der Waals surface area contributed by atoms with Crippen molar-refractivity contribution in [2.75, 3.05) is 16.8 Å². The Hall–Kier alpha value is -0.640. The van der Waals surface area contributed by atoms with E-state index in [0.717, 1.165) is 20.1 Å². The van der Waals surface area contributed by atoms with E-state index in [1.54, 1.807) is 11.8 Å². The number of nitrogens with one attached hydrogen (secondary N) is 1. The molecule has 102 valence electrons. The highest BCUT2D eigenvalue weighted by atomic mass is 32.2. The van der Waals surface area contributed by atoms with Crippen LogP contribution in [-0.2, 0) is 4.79 Å². The van der Waals surface area contributed by atoms with Gasteiger partial charge in [-0.25, -0.2) is 4.98 Å². The van der Waals surface area contributed by atoms with Gasteiger partial charge in [0.05, 0.1) is 11.4 Å². The van der Waals surface area contributed by atoms with E-state index >= 15 is 0 Å². The summed E-state index contributed by atoms with van der Waals surface area (Å²) in [5.41, 5.74) is 0.915. The molecule has 2 aromatic rings. The first-order chi connectivity index (χ1) is 9.17. The number of carbonyl (C=O) groups excluding carboxylic acids is 1. The fourth-order valence-corrected chi connectivity index (χ4v) is 4.55. The molecule has 9 heteroatoms. The molecule has 0 unspecified atom stereocenters. The average molecular weight is 333 g/mol. The first-order valence-electron chi connectivity index (χ1n) is 5.48. The first kappa shape index (κ1) is 14.8. The molecule has 0 saturated heterocycles. The lowest BCUT2D eigenvalue weighted by Gasteiger charge is -1.98. The summed E-state index contributed by atoms with van der Waals surface area (Å²) in [5.74, 6) is 1.23. The number of anilines is 1. The first-order valence-corrected chi connectivity index (χ1v) is 9.15. The summed E-state index contributed by atoms with van der Waals surface area (Å²) in [6.07, 6.45) is 0. The number of thioether (sulfide) groups is 2. The minimum Gasteiger partial charge on any atom is -0.301 e. The van der Waals surface area contributed by atoms with Crippen molar-refractivity contribution >= 4 is 57.2 Å². The second-order valence-corrected chi connectivity index (χ2v) is 7.97. The zero-order valence-corrected chi connectivity index (χ0v) is 13.6. The van der Waals surface area contributed by atoms with Crippen molar-refractivity contribution in [1.29, 1.82) is 0 Å². The largest absolute Gasteiger partial charge is 0.301 e. The second kappa shape index (κ2) is 7.22. The fraction of sp³-hybridized carbons (Fsp3) is 0.400. The number of amides is 1. The zero-order chi connectivity index (χ0) is 13.7. The van der Waals surface area contributed by atoms with Crippen LogP contribution in [0.15, 0.2) is 14.1 Å². The van der Waals surface area contributed by atoms with Crippen LogP contribution < -0.4 is 5.32 Å². The maximum atomic E-state index is 11.7. The standard InChI is InChI=1S/C10H12N4OS4/c1-3-16-9-13-14-10(19-9)18-5-7(15)12-8-11-6(2)4-17-8/h4H,3,5H2,1-2H3,(H,11,12,15). The Balaban J connectivity index is 1.79. The number of hydrogen-bond acceptors (Lipinski definition) is 8. The zero-order valence-electron chi connectivity index (χ0n) is 10.4. The van der Waals surface area contributed by atoms with Gasteiger partial charge in [-0.1, -0.05) is 41.8 Å². The quantitative estimate of drug-likeness (QED) is 0.820. The molecule has 0 aromatic carbocycles. The van der Waals surface area contributed by atoms with Crippen LogP contribution in [0, 0.1) is 6.92 Å². The summed E-state index contributed by atoms with van der Waals surface area (Å²) in [5, 5.41) is 13.4. The van der Waals surface area contributed by atoms with E-state index in [-0.39, 0.29) is 5.91 Å². The molecule has 19 heavy (non-hydrogen) atoms. The molecule has 0 aliphatic heterocycles. The number of rotatable bonds is 6. The topological polar surface area (TPSA) is 67.8 Å². The van der Waals surface area contributed by atoms with Crippen molar-refractivity contribution in [2.45, 2.75) is 22.5 Å². The Kier molecular flexibility index (Phi) is 5.61. The molecule has 2 heterocycles. The van der Waals surface area contributed by atoms with E-state index < -0.39 is 0 Å². The molecule has 0 bridgehead atoms. The minimum atomic E-state index is -0.0701. The third-order valence-corrected chi connectivity index (χ3v) is 5.80. The lowest BCUT2D eigenvalue weighted by atomic mass is 10.6. The summed E-state index contributed by atoms with van der Waals surface area (Å²) in [4.78, 5) is 15.9. The van der Waals surface area contributed by atoms with Crippen LogP contribution in [0.25, 0.3) is 0 Å². The van der Waals surface area contributed by atoms with Crippen molar-refractivity contribution in [2.24, 2.45) is 0 Å². The molecule has 0 radical (unpaired) electrons. The number of hydrogen-bond donors (Lipinski definition) is 1. The third kappa shape index (κ3) is 4.75. The van der Waals surface area contributed by atoms with Crippen LogP contribution in [0.5, 0.6) is 0 Å². The van der Waals surface area contributed by atoms with Gasteiger partial charge in [0.2, 0.25) is 5.91 Å². The van der Waals surface area contributed by atoms with Crippen molar-refractivity contribution < 1.29 is 4.79 Å². The van der Waals surface area contributed by atoms with E-state index in [4.69, 9.17) is 0 Å². The predicted molar refractivity (Wildman–Crippen MR) is 82.5 cm³/mol. The lowest BCUT2D eigenvalue weighted by Crippen LogP contribution is -2.13. The van der Waals surface area contributed by atoms with Gasteiger partial charge in [0, 0.05) is 5.38 Å². The molecule has 1 N–H and O–H groups in total. The van der Waals surface area contributed by atoms with Crippen LogP contribution in [0.3, 0.4) is 0 Å². The van der Waals surface area contributed by atoms with Gasteiger partial charge in [0.25, 0.3) is 0 Å². The lowest BCUT2D eigenvalue weighted by molar-refractivity contribution is -0.113. The molecule has 0 atom stereocenters. The molecular weight excluding hydrogens is 320 g/mol. The van der Waals surface area contributed by atoms with Gasteiger partial charge in [0.1, 0.15) is 0 Å². The highest BCUT2D eigenvalue weighted by Gasteiger charge is 2.09. The van der Waals surface area contributed by atoms with Gasteiger partial charge < -0.3 is 5.32 Å². The van der Waals surface area contributed by atoms with Crippen LogP contribution in [0.4, 0.5) is 5.13 Å². The monoisotopic (exact) mass is 332 g/mol. The van der Waals surface area contributed by atoms with Crippen LogP contribution in [0.1, 0.15) is 12.6 Å². The molecule has 0 aliphatic carbocycles. The van der Waals surface area contributed by atoms with Crippen LogP contribution >= 0.6 is 46.2 Å². The number of thiazole rings is 1. The third-order valence-electron chi connectivity index (χ3n) is 1.85. The van der Waals surface area contributed by atoms with Crippen molar-refractivity contribution in [3.8, 4) is 0 Å². The van der Waals surface area contributed by atoms with Gasteiger partial charge in [0.15, 0.2) is 13.8 Å². The van der Waals surface area contributed by atoms with Gasteiger partial charge >= 0.3 is 0 Å². The minimum absolute atomic E-state index is 0.0701. The SMILES string of the molecule is CCSc1nnc(SCC(=O)Nc2nc(C)cs2)s1. The molecule has 2 rings (SSSR count). The van der Waals surface area contributed by atoms with Crippen LogP contribution in [-0.4, -0.2) is 32.6 Å². The van der Waals surface area contributed by atoms with E-state index in [9.17, 15) is 4.79 Å². The van der Waals surface area contributed by atoms with E-state index in [1.807, 2.05) is 12.3 Å². The fourth-order valence-electron chi connectivity index (χ4n) is 1.13. The summed E-state index contributed by atoms with van der Waals surface area (Å²) >= 11 is 6.01. The van der Waals surface area contributed by atoms with Crippen molar-refractivity contribution in [1.82, 2.24) is 15.2 Å². The van der Waals surface area contributed by atoms with E-state index in [0.29, 0.717) is 10.9 Å². The Labute approximate surface area is 127 Å². The highest BCUT2D eigenvalue weighted by molar-refractivity contribution is 8.03. The van der Waals surface area contributed by atoms with Crippen molar-refractivity contribution in [3.05, 3.63) is 11.1 Å². The number of nitrogens with zero attached hydrogens (tertiary/aromatic N) is 3. The molecule has 2 aromatic heterocycles. The smallest absolute Gasteiger partial charge is 0.236 e. The molecule has 1 amide bonds. The normalized spacial score (nSPS) is 10.6. The summed E-state index contributed by atoms with van der Waals surface area (Å²) in [6, 6.07) is 0. The molecule has 0 aliphatic rings. The molecule has 0 saturated carbocycles. The molecular formula is C10H12N4OS4. The number of aromatic nitrogens is 3. The highest BCUT2D eigenvalue weighted by Crippen LogP contribution is 2.28. The summed E-state index contributed by atoms with van der Waals surface area (Å²) in [7, 11) is 0. The Bertz CT molecular complexity index is 553. The molecule has 5 nitrogen and oxygen atoms in total. The van der Waals surface area contributed by atoms with Crippen LogP contribution in [0.2, 0.25) is 0 Å². The second-order valence-electron chi connectivity index (χ2n) is 3.40. The van der Waals surface area contributed by atoms with Crippen molar-refractivity contribution in [3.63, 3.8) is 0 Å². The van der Waals surface area contributed by atoms with Gasteiger partial charge in [-0.05, 0) is 12.7 Å². The van der Waals surface area contributed by atoms with Gasteiger partial charge in [-0.15, -0.1) is 21.5 Å². The summed E-state index contributed by atoms with van der Waals surface area (Å²) < 4.78 is 1.77. The Morgan fingerprint density at radius 3 is 2.74 bits per heavy atom. The van der Waals surface area contributed by atoms with Gasteiger partial charge in [-0.2, -0.15) is 0 Å². The molecule has 0 fully saturated rings. The number of carbonyl (C=O) groups is 1. The maximum Gasteiger partial charge on any atom is 0.236 e. The predicted octanol–water partition coefficient (Wildman–Crippen LogP) is 3.15.